The summed E-state index contributed by atoms with van der Waals surface area (Å²) in [4.78, 5) is 25.7. The Balaban J connectivity index is 1.77. The van der Waals surface area contributed by atoms with Crippen LogP contribution in [0.3, 0.4) is 0 Å². The number of nitrogens with zero attached hydrogens (tertiary/aromatic N) is 1. The van der Waals surface area contributed by atoms with E-state index in [2.05, 4.69) is 5.32 Å². The highest BCUT2D eigenvalue weighted by molar-refractivity contribution is 5.94. The Morgan fingerprint density at radius 3 is 2.58 bits per heavy atom. The molecule has 1 fully saturated rings. The molecule has 1 saturated heterocycles. The lowest BCUT2D eigenvalue weighted by molar-refractivity contribution is -0.123. The van der Waals surface area contributed by atoms with Gasteiger partial charge in [0.2, 0.25) is 5.91 Å². The van der Waals surface area contributed by atoms with Crippen molar-refractivity contribution < 1.29 is 14.3 Å². The molecule has 0 aliphatic carbocycles. The summed E-state index contributed by atoms with van der Waals surface area (Å²) in [7, 11) is 1.63. The molecule has 0 spiro atoms. The number of hydrogen-bond acceptors (Lipinski definition) is 3. The van der Waals surface area contributed by atoms with E-state index >= 15 is 0 Å². The van der Waals surface area contributed by atoms with Gasteiger partial charge in [0, 0.05) is 18.7 Å². The van der Waals surface area contributed by atoms with Crippen LogP contribution in [0.15, 0.2) is 48.5 Å². The van der Waals surface area contributed by atoms with E-state index in [1.807, 2.05) is 48.5 Å². The van der Waals surface area contributed by atoms with Gasteiger partial charge in [-0.1, -0.05) is 30.3 Å². The largest absolute Gasteiger partial charge is 0.497 e. The molecule has 0 radical (unpaired) electrons. The fourth-order valence-electron chi connectivity index (χ4n) is 3.20. The second-order valence-corrected chi connectivity index (χ2v) is 6.39. The zero-order valence-electron chi connectivity index (χ0n) is 14.8. The van der Waals surface area contributed by atoms with Crippen LogP contribution in [-0.2, 0) is 4.79 Å². The van der Waals surface area contributed by atoms with Crippen LogP contribution in [0.2, 0.25) is 0 Å². The number of primary amides is 1. The lowest BCUT2D eigenvalue weighted by Crippen LogP contribution is -2.45. The molecule has 3 amide bonds. The SMILES string of the molecule is COc1ccc(-c2ccccc2NC(=O)N2CCCC(C(N)=O)C2)cc1. The first-order valence-corrected chi connectivity index (χ1v) is 8.67. The predicted molar refractivity (Wildman–Crippen MR) is 101 cm³/mol. The minimum Gasteiger partial charge on any atom is -0.497 e. The Morgan fingerprint density at radius 1 is 1.15 bits per heavy atom. The molecule has 26 heavy (non-hydrogen) atoms. The summed E-state index contributed by atoms with van der Waals surface area (Å²) in [6, 6.07) is 15.1. The molecule has 0 bridgehead atoms. The zero-order valence-corrected chi connectivity index (χ0v) is 14.8. The molecule has 6 nitrogen and oxygen atoms in total. The molecule has 1 aliphatic heterocycles. The molecule has 0 aromatic heterocycles. The van der Waals surface area contributed by atoms with Gasteiger partial charge in [0.1, 0.15) is 5.75 Å². The summed E-state index contributed by atoms with van der Waals surface area (Å²) in [5.74, 6) is 0.161. The molecule has 1 aliphatic rings. The molecule has 2 aromatic rings. The highest BCUT2D eigenvalue weighted by Gasteiger charge is 2.27. The third kappa shape index (κ3) is 3.96. The lowest BCUT2D eigenvalue weighted by atomic mass is 9.98. The summed E-state index contributed by atoms with van der Waals surface area (Å²) < 4.78 is 5.19. The number of nitrogens with two attached hydrogens (primary N) is 1. The van der Waals surface area contributed by atoms with Gasteiger partial charge in [0.05, 0.1) is 18.7 Å². The van der Waals surface area contributed by atoms with Crippen molar-refractivity contribution in [2.45, 2.75) is 12.8 Å². The summed E-state index contributed by atoms with van der Waals surface area (Å²) in [5, 5.41) is 2.97. The third-order valence-corrected chi connectivity index (χ3v) is 4.68. The number of urea groups is 1. The van der Waals surface area contributed by atoms with Crippen LogP contribution in [0, 0.1) is 5.92 Å². The topological polar surface area (TPSA) is 84.7 Å². The number of nitrogens with one attached hydrogen (secondary N) is 1. The molecule has 136 valence electrons. The van der Waals surface area contributed by atoms with E-state index in [0.29, 0.717) is 13.1 Å². The molecule has 1 atom stereocenters. The summed E-state index contributed by atoms with van der Waals surface area (Å²) in [6.45, 7) is 0.992. The van der Waals surface area contributed by atoms with E-state index < -0.39 is 0 Å². The first-order chi connectivity index (χ1) is 12.6. The van der Waals surface area contributed by atoms with Gasteiger partial charge in [0.15, 0.2) is 0 Å². The van der Waals surface area contributed by atoms with Crippen molar-refractivity contribution in [2.24, 2.45) is 11.7 Å². The van der Waals surface area contributed by atoms with Crippen molar-refractivity contribution in [1.29, 1.82) is 0 Å². The third-order valence-electron chi connectivity index (χ3n) is 4.68. The van der Waals surface area contributed by atoms with Gasteiger partial charge in [-0.05, 0) is 36.6 Å². The Bertz CT molecular complexity index is 789. The van der Waals surface area contributed by atoms with Gasteiger partial charge in [-0.3, -0.25) is 4.79 Å². The maximum absolute atomic E-state index is 12.7. The number of para-hydroxylation sites is 1. The molecule has 3 N–H and O–H groups in total. The first kappa shape index (κ1) is 17.8. The Kier molecular flexibility index (Phi) is 5.41. The minimum atomic E-state index is -0.346. The van der Waals surface area contributed by atoms with Gasteiger partial charge in [-0.25, -0.2) is 4.79 Å². The summed E-state index contributed by atoms with van der Waals surface area (Å²) >= 11 is 0. The highest BCUT2D eigenvalue weighted by Crippen LogP contribution is 2.29. The Hall–Kier alpha value is -3.02. The fraction of sp³-hybridized carbons (Fsp3) is 0.300. The molecule has 6 heteroatoms. The number of hydrogen-bond donors (Lipinski definition) is 2. The second-order valence-electron chi connectivity index (χ2n) is 6.39. The summed E-state index contributed by atoms with van der Waals surface area (Å²) in [6.07, 6.45) is 1.52. The number of rotatable bonds is 4. The van der Waals surface area contributed by atoms with Crippen LogP contribution < -0.4 is 15.8 Å². The van der Waals surface area contributed by atoms with Crippen molar-refractivity contribution in [3.05, 3.63) is 48.5 Å². The fourth-order valence-corrected chi connectivity index (χ4v) is 3.20. The van der Waals surface area contributed by atoms with Crippen molar-refractivity contribution in [1.82, 2.24) is 4.90 Å². The maximum Gasteiger partial charge on any atom is 0.321 e. The standard InChI is InChI=1S/C20H23N3O3/c1-26-16-10-8-14(9-11-16)17-6-2-3-7-18(17)22-20(25)23-12-4-5-15(13-23)19(21)24/h2-3,6-11,15H,4-5,12-13H2,1H3,(H2,21,24)(H,22,25). The van der Waals surface area contributed by atoms with E-state index in [1.165, 1.54) is 0 Å². The molecular formula is C20H23N3O3. The van der Waals surface area contributed by atoms with Crippen molar-refractivity contribution >= 4 is 17.6 Å². The average Bonchev–Trinajstić information content (AvgIpc) is 2.68. The highest BCUT2D eigenvalue weighted by atomic mass is 16.5. The summed E-state index contributed by atoms with van der Waals surface area (Å²) in [5.41, 5.74) is 8.03. The molecule has 1 unspecified atom stereocenters. The molecule has 3 rings (SSSR count). The van der Waals surface area contributed by atoms with Gasteiger partial charge in [0.25, 0.3) is 0 Å². The van der Waals surface area contributed by atoms with Crippen LogP contribution in [0.25, 0.3) is 11.1 Å². The average molecular weight is 353 g/mol. The Morgan fingerprint density at radius 2 is 1.88 bits per heavy atom. The van der Waals surface area contributed by atoms with Crippen molar-refractivity contribution in [3.63, 3.8) is 0 Å². The van der Waals surface area contributed by atoms with Gasteiger partial charge < -0.3 is 20.7 Å². The number of ether oxygens (including phenoxy) is 1. The van der Waals surface area contributed by atoms with Gasteiger partial charge >= 0.3 is 6.03 Å². The molecular weight excluding hydrogens is 330 g/mol. The zero-order chi connectivity index (χ0) is 18.5. The number of benzene rings is 2. The molecule has 1 heterocycles. The number of piperidine rings is 1. The minimum absolute atomic E-state index is 0.211. The van der Waals surface area contributed by atoms with E-state index in [-0.39, 0.29) is 17.9 Å². The van der Waals surface area contributed by atoms with E-state index in [0.717, 1.165) is 35.4 Å². The second kappa shape index (κ2) is 7.91. The number of anilines is 1. The number of carbonyl (C=O) groups excluding carboxylic acids is 2. The number of methoxy groups -OCH3 is 1. The van der Waals surface area contributed by atoms with Gasteiger partial charge in [-0.2, -0.15) is 0 Å². The van der Waals surface area contributed by atoms with Gasteiger partial charge in [-0.15, -0.1) is 0 Å². The smallest absolute Gasteiger partial charge is 0.321 e. The Labute approximate surface area is 152 Å². The number of likely N-dealkylation sites (tertiary alicyclic amines) is 1. The van der Waals surface area contributed by atoms with Crippen LogP contribution in [0.4, 0.5) is 10.5 Å². The van der Waals surface area contributed by atoms with E-state index in [9.17, 15) is 9.59 Å². The normalized spacial score (nSPS) is 16.8. The van der Waals surface area contributed by atoms with E-state index in [4.69, 9.17) is 10.5 Å². The van der Waals surface area contributed by atoms with Crippen LogP contribution in [-0.4, -0.2) is 37.0 Å². The number of amides is 3. The molecule has 0 saturated carbocycles. The van der Waals surface area contributed by atoms with Crippen LogP contribution >= 0.6 is 0 Å². The quantitative estimate of drug-likeness (QED) is 0.886. The van der Waals surface area contributed by atoms with Crippen LogP contribution in [0.5, 0.6) is 5.75 Å². The maximum atomic E-state index is 12.7. The first-order valence-electron chi connectivity index (χ1n) is 8.67. The monoisotopic (exact) mass is 353 g/mol. The van der Waals surface area contributed by atoms with Crippen molar-refractivity contribution in [2.75, 3.05) is 25.5 Å². The van der Waals surface area contributed by atoms with Crippen molar-refractivity contribution in [3.8, 4) is 16.9 Å². The van der Waals surface area contributed by atoms with Crippen LogP contribution in [0.1, 0.15) is 12.8 Å². The lowest BCUT2D eigenvalue weighted by Gasteiger charge is -2.31. The predicted octanol–water partition coefficient (Wildman–Crippen LogP) is 3.09. The van der Waals surface area contributed by atoms with E-state index in [1.54, 1.807) is 12.0 Å². The number of carbonyl (C=O) groups is 2. The molecule has 2 aromatic carbocycles.